The molecule has 0 amide bonds. The SMILES string of the molecule is CS(=O)(=O)c1ccc(NC(=S)N2CCN(c3ncnc4[nH]c5cc(F)ccc5c34)CC2)cc1. The lowest BCUT2D eigenvalue weighted by Crippen LogP contribution is -2.50. The summed E-state index contributed by atoms with van der Waals surface area (Å²) in [5, 5.41) is 5.53. The van der Waals surface area contributed by atoms with Gasteiger partial charge in [0, 0.05) is 43.5 Å². The maximum Gasteiger partial charge on any atom is 0.175 e. The Labute approximate surface area is 195 Å². The number of piperazine rings is 1. The minimum absolute atomic E-state index is 0.267. The highest BCUT2D eigenvalue weighted by atomic mass is 32.2. The van der Waals surface area contributed by atoms with Crippen molar-refractivity contribution in [2.24, 2.45) is 0 Å². The maximum atomic E-state index is 13.7. The minimum atomic E-state index is -3.24. The van der Waals surface area contributed by atoms with Gasteiger partial charge < -0.3 is 20.1 Å². The molecule has 0 saturated carbocycles. The van der Waals surface area contributed by atoms with Gasteiger partial charge in [0.1, 0.15) is 23.6 Å². The van der Waals surface area contributed by atoms with E-state index >= 15 is 0 Å². The van der Waals surface area contributed by atoms with Crippen LogP contribution in [-0.2, 0) is 9.84 Å². The van der Waals surface area contributed by atoms with Gasteiger partial charge in [-0.3, -0.25) is 0 Å². The summed E-state index contributed by atoms with van der Waals surface area (Å²) < 4.78 is 36.9. The van der Waals surface area contributed by atoms with Crippen molar-refractivity contribution in [3.8, 4) is 0 Å². The molecule has 3 heterocycles. The zero-order valence-corrected chi connectivity index (χ0v) is 19.4. The first kappa shape index (κ1) is 21.5. The molecule has 4 aromatic rings. The third kappa shape index (κ3) is 4.21. The van der Waals surface area contributed by atoms with Crippen LogP contribution in [0.5, 0.6) is 0 Å². The van der Waals surface area contributed by atoms with Gasteiger partial charge in [-0.2, -0.15) is 0 Å². The van der Waals surface area contributed by atoms with E-state index < -0.39 is 9.84 Å². The molecule has 2 N–H and O–H groups in total. The van der Waals surface area contributed by atoms with E-state index in [4.69, 9.17) is 12.2 Å². The molecule has 0 atom stereocenters. The summed E-state index contributed by atoms with van der Waals surface area (Å²) in [7, 11) is -3.24. The fourth-order valence-electron chi connectivity index (χ4n) is 4.03. The number of benzene rings is 2. The van der Waals surface area contributed by atoms with Crippen LogP contribution in [-0.4, -0.2) is 65.8 Å². The van der Waals surface area contributed by atoms with Crippen LogP contribution in [0.1, 0.15) is 0 Å². The van der Waals surface area contributed by atoms with Crippen molar-refractivity contribution in [2.75, 3.05) is 42.7 Å². The van der Waals surface area contributed by atoms with Crippen LogP contribution in [0.4, 0.5) is 15.9 Å². The monoisotopic (exact) mass is 484 g/mol. The average molecular weight is 485 g/mol. The fraction of sp³-hybridized carbons (Fsp3) is 0.227. The van der Waals surface area contributed by atoms with Crippen LogP contribution >= 0.6 is 12.2 Å². The molecule has 0 unspecified atom stereocenters. The lowest BCUT2D eigenvalue weighted by molar-refractivity contribution is 0.390. The molecule has 1 aliphatic rings. The van der Waals surface area contributed by atoms with Crippen LogP contribution in [0.25, 0.3) is 21.9 Å². The summed E-state index contributed by atoms with van der Waals surface area (Å²) in [4.78, 5) is 16.5. The molecule has 0 aliphatic carbocycles. The average Bonchev–Trinajstić information content (AvgIpc) is 3.16. The second-order valence-corrected chi connectivity index (χ2v) is 10.3. The summed E-state index contributed by atoms with van der Waals surface area (Å²) in [6.45, 7) is 2.79. The number of anilines is 2. The molecule has 2 aromatic carbocycles. The number of rotatable bonds is 3. The molecule has 1 fully saturated rings. The topological polar surface area (TPSA) is 94.2 Å². The minimum Gasteiger partial charge on any atom is -0.352 e. The Morgan fingerprint density at radius 1 is 1.09 bits per heavy atom. The van der Waals surface area contributed by atoms with Gasteiger partial charge in [0.25, 0.3) is 0 Å². The van der Waals surface area contributed by atoms with Crippen LogP contribution in [0.2, 0.25) is 0 Å². The molecule has 0 spiro atoms. The van der Waals surface area contributed by atoms with Gasteiger partial charge in [0.15, 0.2) is 14.9 Å². The van der Waals surface area contributed by atoms with E-state index in [-0.39, 0.29) is 10.7 Å². The summed E-state index contributed by atoms with van der Waals surface area (Å²) in [5.74, 6) is 0.511. The number of hydrogen-bond donors (Lipinski definition) is 2. The van der Waals surface area contributed by atoms with Crippen molar-refractivity contribution in [3.63, 3.8) is 0 Å². The second-order valence-electron chi connectivity index (χ2n) is 7.94. The van der Waals surface area contributed by atoms with Gasteiger partial charge in [0.05, 0.1) is 15.8 Å². The van der Waals surface area contributed by atoms with E-state index in [1.807, 2.05) is 0 Å². The third-order valence-corrected chi connectivity index (χ3v) is 7.22. The van der Waals surface area contributed by atoms with Gasteiger partial charge in [-0.15, -0.1) is 0 Å². The first-order valence-corrected chi connectivity index (χ1v) is 12.6. The predicted molar refractivity (Wildman–Crippen MR) is 131 cm³/mol. The number of sulfone groups is 1. The number of nitrogens with one attached hydrogen (secondary N) is 2. The molecule has 170 valence electrons. The number of H-pyrrole nitrogens is 1. The summed E-state index contributed by atoms with van der Waals surface area (Å²) in [6, 6.07) is 11.2. The van der Waals surface area contributed by atoms with Crippen molar-refractivity contribution in [2.45, 2.75) is 4.90 Å². The zero-order valence-electron chi connectivity index (χ0n) is 17.7. The van der Waals surface area contributed by atoms with Gasteiger partial charge >= 0.3 is 0 Å². The van der Waals surface area contributed by atoms with Crippen LogP contribution < -0.4 is 10.2 Å². The van der Waals surface area contributed by atoms with E-state index in [0.29, 0.717) is 42.5 Å². The highest BCUT2D eigenvalue weighted by Gasteiger charge is 2.23. The molecule has 11 heteroatoms. The quantitative estimate of drug-likeness (QED) is 0.429. The van der Waals surface area contributed by atoms with Gasteiger partial charge in [-0.1, -0.05) is 0 Å². The number of halogens is 1. The van der Waals surface area contributed by atoms with E-state index in [1.165, 1.54) is 24.7 Å². The zero-order chi connectivity index (χ0) is 23.2. The lowest BCUT2D eigenvalue weighted by Gasteiger charge is -2.37. The van der Waals surface area contributed by atoms with Gasteiger partial charge in [-0.25, -0.2) is 22.8 Å². The molecule has 33 heavy (non-hydrogen) atoms. The van der Waals surface area contributed by atoms with Crippen molar-refractivity contribution < 1.29 is 12.8 Å². The Morgan fingerprint density at radius 3 is 2.52 bits per heavy atom. The highest BCUT2D eigenvalue weighted by Crippen LogP contribution is 2.31. The Morgan fingerprint density at radius 2 is 1.82 bits per heavy atom. The number of hydrogen-bond acceptors (Lipinski definition) is 6. The number of thiocarbonyl (C=S) groups is 1. The molecule has 0 bridgehead atoms. The third-order valence-electron chi connectivity index (χ3n) is 5.73. The molecule has 8 nitrogen and oxygen atoms in total. The first-order chi connectivity index (χ1) is 15.8. The molecule has 2 aromatic heterocycles. The van der Waals surface area contributed by atoms with E-state index in [1.54, 1.807) is 30.3 Å². The fourth-order valence-corrected chi connectivity index (χ4v) is 4.96. The van der Waals surface area contributed by atoms with Gasteiger partial charge in [0.2, 0.25) is 0 Å². The maximum absolute atomic E-state index is 13.7. The number of nitrogens with zero attached hydrogens (tertiary/aromatic N) is 4. The Balaban J connectivity index is 1.30. The largest absolute Gasteiger partial charge is 0.352 e. The molecule has 0 radical (unpaired) electrons. The summed E-state index contributed by atoms with van der Waals surface area (Å²) in [5.41, 5.74) is 2.11. The normalized spacial score (nSPS) is 14.7. The van der Waals surface area contributed by atoms with E-state index in [2.05, 4.69) is 30.1 Å². The summed E-state index contributed by atoms with van der Waals surface area (Å²) in [6.07, 6.45) is 2.70. The molecule has 1 saturated heterocycles. The van der Waals surface area contributed by atoms with Crippen molar-refractivity contribution in [3.05, 3.63) is 54.6 Å². The smallest absolute Gasteiger partial charge is 0.175 e. The van der Waals surface area contributed by atoms with E-state index in [9.17, 15) is 12.8 Å². The molecular formula is C22H21FN6O2S2. The van der Waals surface area contributed by atoms with Crippen molar-refractivity contribution in [1.82, 2.24) is 19.9 Å². The standard InChI is InChI=1S/C22H21FN6O2S2/c1-33(30,31)16-5-3-15(4-6-16)26-22(32)29-10-8-28(9-11-29)21-19-17-7-2-14(23)12-18(17)27-20(19)24-13-25-21/h2-7,12-13H,8-11H2,1H3,(H,26,32)(H,24,25,27). The van der Waals surface area contributed by atoms with Crippen LogP contribution in [0, 0.1) is 5.82 Å². The van der Waals surface area contributed by atoms with Crippen LogP contribution in [0.15, 0.2) is 53.7 Å². The molecular weight excluding hydrogens is 463 g/mol. The highest BCUT2D eigenvalue weighted by molar-refractivity contribution is 7.90. The summed E-state index contributed by atoms with van der Waals surface area (Å²) >= 11 is 5.57. The second kappa shape index (κ2) is 8.23. The number of fused-ring (bicyclic) bond motifs is 3. The predicted octanol–water partition coefficient (Wildman–Crippen LogP) is 3.17. The lowest BCUT2D eigenvalue weighted by atomic mass is 10.2. The van der Waals surface area contributed by atoms with Crippen LogP contribution in [0.3, 0.4) is 0 Å². The first-order valence-electron chi connectivity index (χ1n) is 10.3. The number of aromatic amines is 1. The Hall–Kier alpha value is -3.31. The Bertz CT molecular complexity index is 1460. The molecule has 1 aliphatic heterocycles. The van der Waals surface area contributed by atoms with Crippen molar-refractivity contribution in [1.29, 1.82) is 0 Å². The Kier molecular flexibility index (Phi) is 5.37. The van der Waals surface area contributed by atoms with E-state index in [0.717, 1.165) is 22.3 Å². The number of aromatic nitrogens is 3. The van der Waals surface area contributed by atoms with Crippen molar-refractivity contribution >= 4 is 60.6 Å². The van der Waals surface area contributed by atoms with Gasteiger partial charge in [-0.05, 0) is 54.7 Å². The molecule has 5 rings (SSSR count).